The Hall–Kier alpha value is -3.87. The first-order valence-electron chi connectivity index (χ1n) is 9.29. The van der Waals surface area contributed by atoms with Crippen LogP contribution in [-0.4, -0.2) is 36.9 Å². The van der Waals surface area contributed by atoms with Crippen LogP contribution < -0.4 is 10.2 Å². The van der Waals surface area contributed by atoms with Crippen LogP contribution in [0.4, 0.5) is 0 Å². The van der Waals surface area contributed by atoms with Gasteiger partial charge in [0.15, 0.2) is 0 Å². The lowest BCUT2D eigenvalue weighted by Gasteiger charge is -2.10. The van der Waals surface area contributed by atoms with Crippen LogP contribution in [0.15, 0.2) is 59.7 Å². The molecule has 0 saturated heterocycles. The van der Waals surface area contributed by atoms with Gasteiger partial charge in [0.25, 0.3) is 5.91 Å². The number of benzene rings is 2. The summed E-state index contributed by atoms with van der Waals surface area (Å²) in [5, 5.41) is 4.09. The van der Waals surface area contributed by atoms with Gasteiger partial charge >= 0.3 is 5.97 Å². The zero-order valence-corrected chi connectivity index (χ0v) is 17.3. The number of nitrogens with one attached hydrogen (secondary N) is 1. The summed E-state index contributed by atoms with van der Waals surface area (Å²) in [6.07, 6.45) is 1.61. The van der Waals surface area contributed by atoms with Crippen molar-refractivity contribution in [3.05, 3.63) is 82.7 Å². The number of carbonyl (C=O) groups excluding carboxylic acids is 2. The lowest BCUT2D eigenvalue weighted by atomic mass is 10.2. The highest BCUT2D eigenvalue weighted by molar-refractivity contribution is 5.95. The SMILES string of the molecule is COC(=O)c1ccc(-n2c(C)cc(/C=N\NC(=O)c3ccc(OC)cc3)c2C)cc1. The number of hydrazone groups is 1. The second kappa shape index (κ2) is 9.09. The quantitative estimate of drug-likeness (QED) is 0.386. The second-order valence-corrected chi connectivity index (χ2v) is 6.63. The number of methoxy groups -OCH3 is 2. The van der Waals surface area contributed by atoms with Crippen LogP contribution >= 0.6 is 0 Å². The second-order valence-electron chi connectivity index (χ2n) is 6.63. The smallest absolute Gasteiger partial charge is 0.337 e. The van der Waals surface area contributed by atoms with E-state index in [1.165, 1.54) is 7.11 Å². The van der Waals surface area contributed by atoms with Crippen molar-refractivity contribution in [3.63, 3.8) is 0 Å². The number of aryl methyl sites for hydroxylation is 1. The van der Waals surface area contributed by atoms with Gasteiger partial charge in [-0.3, -0.25) is 4.79 Å². The zero-order chi connectivity index (χ0) is 21.7. The molecule has 3 rings (SSSR count). The molecule has 0 atom stereocenters. The number of carbonyl (C=O) groups is 2. The topological polar surface area (TPSA) is 81.9 Å². The number of amides is 1. The van der Waals surface area contributed by atoms with Crippen molar-refractivity contribution >= 4 is 18.1 Å². The molecule has 0 aliphatic heterocycles. The van der Waals surface area contributed by atoms with Gasteiger partial charge in [-0.25, -0.2) is 10.2 Å². The molecule has 0 aliphatic carbocycles. The van der Waals surface area contributed by atoms with Crippen molar-refractivity contribution in [1.29, 1.82) is 0 Å². The molecule has 1 amide bonds. The van der Waals surface area contributed by atoms with E-state index in [1.807, 2.05) is 36.6 Å². The van der Waals surface area contributed by atoms with E-state index in [9.17, 15) is 9.59 Å². The third-order valence-corrected chi connectivity index (χ3v) is 4.74. The van der Waals surface area contributed by atoms with Gasteiger partial charge in [-0.2, -0.15) is 5.10 Å². The third kappa shape index (κ3) is 4.41. The molecule has 7 heteroatoms. The summed E-state index contributed by atoms with van der Waals surface area (Å²) in [7, 11) is 2.93. The Kier molecular flexibility index (Phi) is 6.32. The number of hydrogen-bond donors (Lipinski definition) is 1. The largest absolute Gasteiger partial charge is 0.497 e. The molecule has 1 aromatic heterocycles. The lowest BCUT2D eigenvalue weighted by molar-refractivity contribution is 0.0600. The predicted octanol–water partition coefficient (Wildman–Crippen LogP) is 3.65. The molecule has 7 nitrogen and oxygen atoms in total. The van der Waals surface area contributed by atoms with Crippen LogP contribution in [0.3, 0.4) is 0 Å². The van der Waals surface area contributed by atoms with E-state index in [0.29, 0.717) is 16.9 Å². The molecular formula is C23H23N3O4. The van der Waals surface area contributed by atoms with E-state index in [4.69, 9.17) is 9.47 Å². The molecule has 3 aromatic rings. The minimum atomic E-state index is -0.372. The van der Waals surface area contributed by atoms with Gasteiger partial charge < -0.3 is 14.0 Å². The van der Waals surface area contributed by atoms with E-state index >= 15 is 0 Å². The molecule has 30 heavy (non-hydrogen) atoms. The summed E-state index contributed by atoms with van der Waals surface area (Å²) in [6.45, 7) is 3.95. The Morgan fingerprint density at radius 3 is 2.20 bits per heavy atom. The Balaban J connectivity index is 1.74. The Labute approximate surface area is 174 Å². The average Bonchev–Trinajstić information content (AvgIpc) is 3.06. The normalized spacial score (nSPS) is 10.8. The van der Waals surface area contributed by atoms with Crippen molar-refractivity contribution < 1.29 is 19.1 Å². The lowest BCUT2D eigenvalue weighted by Crippen LogP contribution is -2.17. The van der Waals surface area contributed by atoms with Gasteiger partial charge in [0.1, 0.15) is 5.75 Å². The maximum atomic E-state index is 12.2. The summed E-state index contributed by atoms with van der Waals surface area (Å²) in [4.78, 5) is 23.8. The van der Waals surface area contributed by atoms with Crippen LogP contribution in [0.5, 0.6) is 5.75 Å². The number of nitrogens with zero attached hydrogens (tertiary/aromatic N) is 2. The van der Waals surface area contributed by atoms with E-state index in [1.54, 1.807) is 49.7 Å². The van der Waals surface area contributed by atoms with E-state index < -0.39 is 0 Å². The molecule has 154 valence electrons. The molecule has 0 radical (unpaired) electrons. The maximum Gasteiger partial charge on any atom is 0.337 e. The Morgan fingerprint density at radius 1 is 0.967 bits per heavy atom. The highest BCUT2D eigenvalue weighted by Gasteiger charge is 2.11. The maximum absolute atomic E-state index is 12.2. The van der Waals surface area contributed by atoms with Crippen molar-refractivity contribution in [3.8, 4) is 11.4 Å². The van der Waals surface area contributed by atoms with Crippen LogP contribution in [-0.2, 0) is 4.74 Å². The molecule has 0 fully saturated rings. The minimum Gasteiger partial charge on any atom is -0.497 e. The van der Waals surface area contributed by atoms with E-state index in [-0.39, 0.29) is 11.9 Å². The molecule has 0 aliphatic rings. The number of hydrogen-bond acceptors (Lipinski definition) is 5. The van der Waals surface area contributed by atoms with Gasteiger partial charge in [-0.1, -0.05) is 0 Å². The summed E-state index contributed by atoms with van der Waals surface area (Å²) in [5.41, 5.74) is 7.27. The molecule has 0 unspecified atom stereocenters. The van der Waals surface area contributed by atoms with Crippen molar-refractivity contribution in [2.75, 3.05) is 14.2 Å². The van der Waals surface area contributed by atoms with Crippen LogP contribution in [0.25, 0.3) is 5.69 Å². The Morgan fingerprint density at radius 2 is 1.60 bits per heavy atom. The fraction of sp³-hybridized carbons (Fsp3) is 0.174. The summed E-state index contributed by atoms with van der Waals surface area (Å²) >= 11 is 0. The number of ether oxygens (including phenoxy) is 2. The summed E-state index contributed by atoms with van der Waals surface area (Å²) in [5.74, 6) is 0.00569. The molecule has 1 heterocycles. The van der Waals surface area contributed by atoms with Gasteiger partial charge in [0.05, 0.1) is 26.0 Å². The number of rotatable bonds is 6. The van der Waals surface area contributed by atoms with Crippen LogP contribution in [0.2, 0.25) is 0 Å². The fourth-order valence-electron chi connectivity index (χ4n) is 3.15. The van der Waals surface area contributed by atoms with Crippen LogP contribution in [0, 0.1) is 13.8 Å². The first-order valence-corrected chi connectivity index (χ1v) is 9.29. The molecule has 0 bridgehead atoms. The van der Waals surface area contributed by atoms with Crippen molar-refractivity contribution in [1.82, 2.24) is 9.99 Å². The molecule has 1 N–H and O–H groups in total. The standard InChI is InChI=1S/C23H23N3O4/c1-15-13-19(14-24-25-22(27)17-7-11-21(29-3)12-8-17)16(2)26(15)20-9-5-18(6-10-20)23(28)30-4/h5-14H,1-4H3,(H,25,27)/b24-14-. The monoisotopic (exact) mass is 405 g/mol. The van der Waals surface area contributed by atoms with E-state index in [0.717, 1.165) is 22.6 Å². The predicted molar refractivity (Wildman–Crippen MR) is 115 cm³/mol. The highest BCUT2D eigenvalue weighted by atomic mass is 16.5. The first kappa shape index (κ1) is 20.9. The van der Waals surface area contributed by atoms with Gasteiger partial charge in [0.2, 0.25) is 0 Å². The van der Waals surface area contributed by atoms with Gasteiger partial charge in [-0.15, -0.1) is 0 Å². The highest BCUT2D eigenvalue weighted by Crippen LogP contribution is 2.20. The summed E-state index contributed by atoms with van der Waals surface area (Å²) in [6, 6.07) is 15.9. The number of esters is 1. The van der Waals surface area contributed by atoms with Crippen LogP contribution in [0.1, 0.15) is 37.7 Å². The molecule has 2 aromatic carbocycles. The van der Waals surface area contributed by atoms with Crippen molar-refractivity contribution in [2.24, 2.45) is 5.10 Å². The molecular weight excluding hydrogens is 382 g/mol. The van der Waals surface area contributed by atoms with E-state index in [2.05, 4.69) is 10.5 Å². The van der Waals surface area contributed by atoms with Crippen molar-refractivity contribution in [2.45, 2.75) is 13.8 Å². The summed E-state index contributed by atoms with van der Waals surface area (Å²) < 4.78 is 11.9. The van der Waals surface area contributed by atoms with Gasteiger partial charge in [-0.05, 0) is 68.4 Å². The molecule has 0 saturated carbocycles. The Bertz CT molecular complexity index is 1080. The third-order valence-electron chi connectivity index (χ3n) is 4.74. The van der Waals surface area contributed by atoms with Gasteiger partial charge in [0, 0.05) is 28.2 Å². The number of aromatic nitrogens is 1. The molecule has 0 spiro atoms. The minimum absolute atomic E-state index is 0.305. The fourth-order valence-corrected chi connectivity index (χ4v) is 3.15. The first-order chi connectivity index (χ1) is 14.4. The average molecular weight is 405 g/mol. The zero-order valence-electron chi connectivity index (χ0n) is 17.3.